The third-order valence-electron chi connectivity index (χ3n) is 4.82. The van der Waals surface area contributed by atoms with Crippen LogP contribution in [0, 0.1) is 11.3 Å². The lowest BCUT2D eigenvalue weighted by molar-refractivity contribution is 0.461. The number of imidazole rings is 1. The van der Waals surface area contributed by atoms with Crippen molar-refractivity contribution in [2.75, 3.05) is 0 Å². The molecule has 0 aliphatic carbocycles. The van der Waals surface area contributed by atoms with E-state index in [1.165, 1.54) is 10.5 Å². The third kappa shape index (κ3) is 3.60. The molecule has 5 aromatic rings. The normalized spacial score (nSPS) is 11.6. The minimum Gasteiger partial charge on any atom is -0.438 e. The second-order valence-corrected chi connectivity index (χ2v) is 7.33. The highest BCUT2D eigenvalue weighted by Crippen LogP contribution is 2.27. The van der Waals surface area contributed by atoms with Crippen molar-refractivity contribution in [2.24, 2.45) is 0 Å². The van der Waals surface area contributed by atoms with Crippen molar-refractivity contribution in [3.8, 4) is 17.7 Å². The number of nitriles is 1. The van der Waals surface area contributed by atoms with Crippen molar-refractivity contribution in [3.63, 3.8) is 0 Å². The fourth-order valence-corrected chi connectivity index (χ4v) is 3.40. The summed E-state index contributed by atoms with van der Waals surface area (Å²) in [5.41, 5.74) is 1.85. The number of benzene rings is 2. The van der Waals surface area contributed by atoms with Gasteiger partial charge in [-0.1, -0.05) is 29.8 Å². The minimum absolute atomic E-state index is 0.0763. The van der Waals surface area contributed by atoms with Crippen LogP contribution in [0.3, 0.4) is 0 Å². The first kappa shape index (κ1) is 19.5. The van der Waals surface area contributed by atoms with Crippen LogP contribution in [0.25, 0.3) is 28.3 Å². The molecule has 3 heterocycles. The van der Waals surface area contributed by atoms with Crippen LogP contribution in [0.2, 0.25) is 5.02 Å². The molecule has 8 heteroatoms. The van der Waals surface area contributed by atoms with Crippen molar-refractivity contribution >= 4 is 39.9 Å². The molecule has 0 atom stereocenters. The zero-order valence-electron chi connectivity index (χ0n) is 16.5. The molecular weight excluding hydrogens is 426 g/mol. The summed E-state index contributed by atoms with van der Waals surface area (Å²) < 4.78 is 7.32. The summed E-state index contributed by atoms with van der Waals surface area (Å²) >= 11 is 5.96. The van der Waals surface area contributed by atoms with E-state index in [4.69, 9.17) is 16.3 Å². The van der Waals surface area contributed by atoms with Crippen LogP contribution in [0.1, 0.15) is 11.4 Å². The zero-order valence-corrected chi connectivity index (χ0v) is 17.2. The molecule has 0 bridgehead atoms. The van der Waals surface area contributed by atoms with Crippen molar-refractivity contribution in [3.05, 3.63) is 99.7 Å². The predicted octanol–water partition coefficient (Wildman–Crippen LogP) is 5.08. The Labute approximate surface area is 186 Å². The minimum atomic E-state index is -0.372. The van der Waals surface area contributed by atoms with Gasteiger partial charge in [-0.3, -0.25) is 9.20 Å². The van der Waals surface area contributed by atoms with E-state index in [1.807, 2.05) is 24.3 Å². The first-order valence-electron chi connectivity index (χ1n) is 9.64. The molecule has 32 heavy (non-hydrogen) atoms. The monoisotopic (exact) mass is 439 g/mol. The molecule has 1 N–H and O–H groups in total. The molecule has 0 fully saturated rings. The Balaban J connectivity index is 1.70. The molecule has 154 valence electrons. The van der Waals surface area contributed by atoms with E-state index in [0.717, 1.165) is 11.0 Å². The van der Waals surface area contributed by atoms with E-state index in [2.05, 4.69) is 21.0 Å². The zero-order chi connectivity index (χ0) is 22.1. The standard InChI is InChI=1S/C24H14ClN5O2/c25-16-8-10-17(11-9-16)32-23-18(24(31)30-12-4-3-7-21(30)29-23)13-15(14-26)22-27-19-5-1-2-6-20(19)28-22/h1-13H,(H,27,28)/b15-13+. The van der Waals surface area contributed by atoms with Gasteiger partial charge in [0.15, 0.2) is 0 Å². The van der Waals surface area contributed by atoms with E-state index < -0.39 is 0 Å². The van der Waals surface area contributed by atoms with E-state index >= 15 is 0 Å². The second kappa shape index (κ2) is 8.02. The third-order valence-corrected chi connectivity index (χ3v) is 5.07. The molecule has 5 rings (SSSR count). The van der Waals surface area contributed by atoms with Gasteiger partial charge in [0.1, 0.15) is 28.9 Å². The van der Waals surface area contributed by atoms with Crippen LogP contribution in [-0.4, -0.2) is 19.4 Å². The number of rotatable bonds is 4. The highest BCUT2D eigenvalue weighted by molar-refractivity contribution is 6.30. The Morgan fingerprint density at radius 3 is 2.62 bits per heavy atom. The van der Waals surface area contributed by atoms with Gasteiger partial charge in [-0.2, -0.15) is 10.2 Å². The highest BCUT2D eigenvalue weighted by Gasteiger charge is 2.16. The van der Waals surface area contributed by atoms with Crippen LogP contribution < -0.4 is 10.3 Å². The average Bonchev–Trinajstić information content (AvgIpc) is 3.24. The van der Waals surface area contributed by atoms with Crippen LogP contribution in [0.5, 0.6) is 11.6 Å². The maximum absolute atomic E-state index is 13.3. The van der Waals surface area contributed by atoms with Crippen LogP contribution in [0.15, 0.2) is 77.7 Å². The van der Waals surface area contributed by atoms with E-state index in [9.17, 15) is 10.1 Å². The predicted molar refractivity (Wildman–Crippen MR) is 123 cm³/mol. The quantitative estimate of drug-likeness (QED) is 0.394. The van der Waals surface area contributed by atoms with Gasteiger partial charge < -0.3 is 9.72 Å². The maximum atomic E-state index is 13.3. The number of allylic oxidation sites excluding steroid dienone is 1. The van der Waals surface area contributed by atoms with Gasteiger partial charge in [0.25, 0.3) is 5.56 Å². The number of nitrogens with one attached hydrogen (secondary N) is 1. The summed E-state index contributed by atoms with van der Waals surface area (Å²) in [6.45, 7) is 0. The SMILES string of the molecule is N#C/C(=C\c1c(Oc2ccc(Cl)cc2)nc2ccccn2c1=O)c1nc2ccccc2[nH]1. The lowest BCUT2D eigenvalue weighted by atomic mass is 10.2. The largest absolute Gasteiger partial charge is 0.438 e. The Morgan fingerprint density at radius 2 is 1.84 bits per heavy atom. The number of fused-ring (bicyclic) bond motifs is 2. The number of aromatic amines is 1. The fraction of sp³-hybridized carbons (Fsp3) is 0. The molecule has 0 unspecified atom stereocenters. The van der Waals surface area contributed by atoms with E-state index in [0.29, 0.717) is 22.2 Å². The van der Waals surface area contributed by atoms with Gasteiger partial charge in [0, 0.05) is 11.2 Å². The summed E-state index contributed by atoms with van der Waals surface area (Å²) in [6, 6.07) is 21.5. The fourth-order valence-electron chi connectivity index (χ4n) is 3.28. The summed E-state index contributed by atoms with van der Waals surface area (Å²) in [6.07, 6.45) is 3.05. The second-order valence-electron chi connectivity index (χ2n) is 6.89. The molecule has 0 spiro atoms. The molecule has 2 aromatic carbocycles. The van der Waals surface area contributed by atoms with Crippen molar-refractivity contribution in [1.82, 2.24) is 19.4 Å². The number of para-hydroxylation sites is 2. The number of aromatic nitrogens is 4. The molecule has 0 radical (unpaired) electrons. The summed E-state index contributed by atoms with van der Waals surface area (Å²) in [4.78, 5) is 25.4. The first-order chi connectivity index (χ1) is 15.6. The van der Waals surface area contributed by atoms with E-state index in [1.54, 1.807) is 48.7 Å². The molecule has 0 saturated carbocycles. The molecule has 0 amide bonds. The Morgan fingerprint density at radius 1 is 1.06 bits per heavy atom. The number of nitrogens with zero attached hydrogens (tertiary/aromatic N) is 4. The van der Waals surface area contributed by atoms with Crippen LogP contribution in [-0.2, 0) is 0 Å². The molecular formula is C24H14ClN5O2. The highest BCUT2D eigenvalue weighted by atomic mass is 35.5. The number of halogens is 1. The van der Waals surface area contributed by atoms with Crippen LogP contribution >= 0.6 is 11.6 Å². The Kier molecular flexibility index (Phi) is 4.90. The molecule has 0 saturated heterocycles. The Hall–Kier alpha value is -4.41. The van der Waals surface area contributed by atoms with Gasteiger partial charge in [-0.05, 0) is 54.6 Å². The van der Waals surface area contributed by atoms with Gasteiger partial charge in [0.2, 0.25) is 5.88 Å². The Bertz CT molecular complexity index is 1560. The van der Waals surface area contributed by atoms with E-state index in [-0.39, 0.29) is 22.6 Å². The lowest BCUT2D eigenvalue weighted by Crippen LogP contribution is -2.18. The van der Waals surface area contributed by atoms with Gasteiger partial charge in [-0.15, -0.1) is 0 Å². The first-order valence-corrected chi connectivity index (χ1v) is 10.0. The summed E-state index contributed by atoms with van der Waals surface area (Å²) in [5.74, 6) is 0.884. The summed E-state index contributed by atoms with van der Waals surface area (Å²) in [7, 11) is 0. The number of pyridine rings is 1. The topological polar surface area (TPSA) is 96.1 Å². The van der Waals surface area contributed by atoms with Crippen molar-refractivity contribution < 1.29 is 4.74 Å². The number of ether oxygens (including phenoxy) is 1. The lowest BCUT2D eigenvalue weighted by Gasteiger charge is -2.10. The maximum Gasteiger partial charge on any atom is 0.269 e. The van der Waals surface area contributed by atoms with Crippen LogP contribution in [0.4, 0.5) is 0 Å². The average molecular weight is 440 g/mol. The molecule has 0 aliphatic heterocycles. The number of hydrogen-bond donors (Lipinski definition) is 1. The van der Waals surface area contributed by atoms with Gasteiger partial charge >= 0.3 is 0 Å². The number of H-pyrrole nitrogens is 1. The van der Waals surface area contributed by atoms with Gasteiger partial charge in [0.05, 0.1) is 16.6 Å². The van der Waals surface area contributed by atoms with Gasteiger partial charge in [-0.25, -0.2) is 4.98 Å². The molecule has 3 aromatic heterocycles. The van der Waals surface area contributed by atoms with Crippen molar-refractivity contribution in [1.29, 1.82) is 5.26 Å². The molecule has 7 nitrogen and oxygen atoms in total. The summed E-state index contributed by atoms with van der Waals surface area (Å²) in [5, 5.41) is 10.4. The van der Waals surface area contributed by atoms with Crippen molar-refractivity contribution in [2.45, 2.75) is 0 Å². The number of hydrogen-bond acceptors (Lipinski definition) is 5. The molecule has 0 aliphatic rings. The smallest absolute Gasteiger partial charge is 0.269 e.